The topological polar surface area (TPSA) is 88.8 Å². The van der Waals surface area contributed by atoms with E-state index in [2.05, 4.69) is 25.7 Å². The normalized spacial score (nSPS) is 10.6. The number of hydrogen-bond donors (Lipinski definition) is 3. The van der Waals surface area contributed by atoms with Crippen LogP contribution in [0, 0.1) is 0 Å². The molecule has 1 aromatic carbocycles. The zero-order chi connectivity index (χ0) is 14.7. The molecule has 0 bridgehead atoms. The number of fused-ring (bicyclic) bond motifs is 1. The van der Waals surface area contributed by atoms with Crippen LogP contribution < -0.4 is 16.6 Å². The number of nitrogens with zero attached hydrogens (tertiary/aromatic N) is 3. The van der Waals surface area contributed by atoms with Gasteiger partial charge in [0.2, 0.25) is 0 Å². The molecule has 0 fully saturated rings. The summed E-state index contributed by atoms with van der Waals surface area (Å²) in [6.07, 6.45) is 5.52. The van der Waals surface area contributed by atoms with Crippen LogP contribution in [0.1, 0.15) is 0 Å². The van der Waals surface area contributed by atoms with E-state index in [1.165, 1.54) is 11.8 Å². The van der Waals surface area contributed by atoms with Crippen molar-refractivity contribution in [3.8, 4) is 0 Å². The van der Waals surface area contributed by atoms with Gasteiger partial charge in [0, 0.05) is 29.5 Å². The highest BCUT2D eigenvalue weighted by molar-refractivity contribution is 7.98. The number of hydrogen-bond acceptors (Lipinski definition) is 7. The van der Waals surface area contributed by atoms with Crippen molar-refractivity contribution >= 4 is 39.9 Å². The van der Waals surface area contributed by atoms with E-state index in [0.29, 0.717) is 16.8 Å². The molecule has 0 aliphatic carbocycles. The number of nitrogens with one attached hydrogen (secondary N) is 2. The highest BCUT2D eigenvalue weighted by atomic mass is 32.2. The molecule has 7 heteroatoms. The highest BCUT2D eigenvalue weighted by Gasteiger charge is 2.06. The smallest absolute Gasteiger partial charge is 0.191 e. The van der Waals surface area contributed by atoms with Crippen molar-refractivity contribution in [2.45, 2.75) is 5.16 Å². The summed E-state index contributed by atoms with van der Waals surface area (Å²) in [4.78, 5) is 12.8. The summed E-state index contributed by atoms with van der Waals surface area (Å²) in [5.74, 6) is 6.68. The number of hydrazine groups is 1. The van der Waals surface area contributed by atoms with E-state index in [4.69, 9.17) is 5.84 Å². The van der Waals surface area contributed by atoms with Crippen LogP contribution in [-0.2, 0) is 0 Å². The summed E-state index contributed by atoms with van der Waals surface area (Å²) in [5.41, 5.74) is 3.49. The molecular weight excluding hydrogens is 284 g/mol. The quantitative estimate of drug-likeness (QED) is 0.295. The lowest BCUT2D eigenvalue weighted by atomic mass is 10.1. The summed E-state index contributed by atoms with van der Waals surface area (Å²) >= 11 is 1.46. The highest BCUT2D eigenvalue weighted by Crippen LogP contribution is 2.26. The standard InChI is InChI=1S/C14H14N6S/c1-21-14-18-12(7-13(19-14)20-15)17-11-4-2-3-9-5-6-16-8-10(9)11/h2-8H,15H2,1H3,(H2,17,18,19,20). The van der Waals surface area contributed by atoms with Gasteiger partial charge in [-0.3, -0.25) is 4.98 Å². The van der Waals surface area contributed by atoms with Gasteiger partial charge in [0.25, 0.3) is 0 Å². The second-order valence-electron chi connectivity index (χ2n) is 4.30. The van der Waals surface area contributed by atoms with Crippen molar-refractivity contribution in [2.75, 3.05) is 17.0 Å². The number of nitrogen functional groups attached to an aromatic ring is 1. The number of rotatable bonds is 4. The molecule has 0 saturated heterocycles. The van der Waals surface area contributed by atoms with E-state index in [1.807, 2.05) is 36.7 Å². The minimum atomic E-state index is 0.565. The number of anilines is 3. The summed E-state index contributed by atoms with van der Waals surface area (Å²) < 4.78 is 0. The molecule has 0 aliphatic heterocycles. The molecule has 106 valence electrons. The maximum absolute atomic E-state index is 5.44. The van der Waals surface area contributed by atoms with E-state index in [-0.39, 0.29) is 0 Å². The van der Waals surface area contributed by atoms with Crippen LogP contribution in [-0.4, -0.2) is 21.2 Å². The average Bonchev–Trinajstić information content (AvgIpc) is 2.55. The van der Waals surface area contributed by atoms with Crippen molar-refractivity contribution in [3.63, 3.8) is 0 Å². The fourth-order valence-corrected chi connectivity index (χ4v) is 2.39. The summed E-state index contributed by atoms with van der Waals surface area (Å²) in [5, 5.41) is 6.09. The zero-order valence-electron chi connectivity index (χ0n) is 11.4. The van der Waals surface area contributed by atoms with Gasteiger partial charge in [-0.1, -0.05) is 23.9 Å². The monoisotopic (exact) mass is 298 g/mol. The Kier molecular flexibility index (Phi) is 3.85. The van der Waals surface area contributed by atoms with Crippen LogP contribution in [0.5, 0.6) is 0 Å². The first-order valence-corrected chi connectivity index (χ1v) is 7.52. The van der Waals surface area contributed by atoms with Gasteiger partial charge in [0.05, 0.1) is 0 Å². The number of benzene rings is 1. The Morgan fingerprint density at radius 3 is 2.81 bits per heavy atom. The molecule has 2 aromatic heterocycles. The number of aromatic nitrogens is 3. The van der Waals surface area contributed by atoms with Gasteiger partial charge in [-0.2, -0.15) is 0 Å². The zero-order valence-corrected chi connectivity index (χ0v) is 12.2. The van der Waals surface area contributed by atoms with Crippen LogP contribution in [0.25, 0.3) is 10.8 Å². The lowest BCUT2D eigenvalue weighted by Gasteiger charge is -2.10. The fraction of sp³-hybridized carbons (Fsp3) is 0.0714. The molecule has 2 heterocycles. The minimum Gasteiger partial charge on any atom is -0.339 e. The van der Waals surface area contributed by atoms with Crippen LogP contribution in [0.15, 0.2) is 47.9 Å². The molecule has 3 aromatic rings. The second kappa shape index (κ2) is 5.94. The van der Waals surface area contributed by atoms with Crippen LogP contribution >= 0.6 is 11.8 Å². The summed E-state index contributed by atoms with van der Waals surface area (Å²) in [6, 6.07) is 9.75. The van der Waals surface area contributed by atoms with Gasteiger partial charge in [-0.25, -0.2) is 15.8 Å². The Labute approximate surface area is 126 Å². The van der Waals surface area contributed by atoms with Crippen LogP contribution in [0.4, 0.5) is 17.3 Å². The molecule has 0 radical (unpaired) electrons. The Morgan fingerprint density at radius 2 is 2.00 bits per heavy atom. The molecule has 4 N–H and O–H groups in total. The first-order chi connectivity index (χ1) is 10.3. The van der Waals surface area contributed by atoms with Gasteiger partial charge in [-0.15, -0.1) is 0 Å². The third-order valence-corrected chi connectivity index (χ3v) is 3.53. The molecule has 0 spiro atoms. The van der Waals surface area contributed by atoms with Crippen molar-refractivity contribution in [3.05, 3.63) is 42.7 Å². The molecule has 0 saturated carbocycles. The first kappa shape index (κ1) is 13.6. The number of thioether (sulfide) groups is 1. The maximum Gasteiger partial charge on any atom is 0.191 e. The van der Waals surface area contributed by atoms with Crippen LogP contribution in [0.3, 0.4) is 0 Å². The first-order valence-electron chi connectivity index (χ1n) is 6.29. The molecule has 6 nitrogen and oxygen atoms in total. The molecule has 0 unspecified atom stereocenters. The number of pyridine rings is 1. The van der Waals surface area contributed by atoms with Gasteiger partial charge >= 0.3 is 0 Å². The van der Waals surface area contributed by atoms with E-state index in [1.54, 1.807) is 12.3 Å². The Hall–Kier alpha value is -2.38. The van der Waals surface area contributed by atoms with Gasteiger partial charge < -0.3 is 10.7 Å². The third kappa shape index (κ3) is 2.88. The minimum absolute atomic E-state index is 0.565. The van der Waals surface area contributed by atoms with Crippen molar-refractivity contribution < 1.29 is 0 Å². The largest absolute Gasteiger partial charge is 0.339 e. The molecule has 3 rings (SSSR count). The molecule has 21 heavy (non-hydrogen) atoms. The molecule has 0 aliphatic rings. The van der Waals surface area contributed by atoms with Gasteiger partial charge in [0.1, 0.15) is 11.6 Å². The van der Waals surface area contributed by atoms with Crippen LogP contribution in [0.2, 0.25) is 0 Å². The Balaban J connectivity index is 2.02. The number of nitrogens with two attached hydrogens (primary N) is 1. The van der Waals surface area contributed by atoms with Crippen molar-refractivity contribution in [1.29, 1.82) is 0 Å². The SMILES string of the molecule is CSc1nc(NN)cc(Nc2cccc3ccncc23)n1. The second-order valence-corrected chi connectivity index (χ2v) is 5.07. The average molecular weight is 298 g/mol. The third-order valence-electron chi connectivity index (χ3n) is 2.98. The van der Waals surface area contributed by atoms with Crippen molar-refractivity contribution in [2.24, 2.45) is 5.84 Å². The van der Waals surface area contributed by atoms with E-state index < -0.39 is 0 Å². The summed E-state index contributed by atoms with van der Waals surface area (Å²) in [7, 11) is 0. The molecule has 0 atom stereocenters. The van der Waals surface area contributed by atoms with E-state index in [9.17, 15) is 0 Å². The summed E-state index contributed by atoms with van der Waals surface area (Å²) in [6.45, 7) is 0. The Bertz CT molecular complexity index is 749. The fourth-order valence-electron chi connectivity index (χ4n) is 2.01. The van der Waals surface area contributed by atoms with Gasteiger partial charge in [-0.05, 0) is 23.8 Å². The van der Waals surface area contributed by atoms with E-state index >= 15 is 0 Å². The van der Waals surface area contributed by atoms with Crippen molar-refractivity contribution in [1.82, 2.24) is 15.0 Å². The maximum atomic E-state index is 5.44. The van der Waals surface area contributed by atoms with E-state index in [0.717, 1.165) is 16.5 Å². The Morgan fingerprint density at radius 1 is 1.14 bits per heavy atom. The molecular formula is C14H14N6S. The lowest BCUT2D eigenvalue weighted by molar-refractivity contribution is 0.971. The predicted molar refractivity (Wildman–Crippen MR) is 86.6 cm³/mol. The lowest BCUT2D eigenvalue weighted by Crippen LogP contribution is -2.10. The molecule has 0 amide bonds. The van der Waals surface area contributed by atoms with Gasteiger partial charge in [0.15, 0.2) is 5.16 Å². The predicted octanol–water partition coefficient (Wildman–Crippen LogP) is 2.78.